The Morgan fingerprint density at radius 1 is 1.38 bits per heavy atom. The van der Waals surface area contributed by atoms with E-state index in [0.29, 0.717) is 11.7 Å². The van der Waals surface area contributed by atoms with Crippen LogP contribution in [0.4, 0.5) is 0 Å². The first-order chi connectivity index (χ1) is 10.1. The molecule has 6 heteroatoms. The molecule has 21 heavy (non-hydrogen) atoms. The topological polar surface area (TPSA) is 63.6 Å². The van der Waals surface area contributed by atoms with Crippen LogP contribution in [0.25, 0.3) is 11.5 Å². The molecule has 0 saturated heterocycles. The molecule has 112 valence electrons. The van der Waals surface area contributed by atoms with Gasteiger partial charge >= 0.3 is 0 Å². The second-order valence-corrected chi connectivity index (χ2v) is 6.95. The van der Waals surface area contributed by atoms with E-state index < -0.39 is 0 Å². The highest BCUT2D eigenvalue weighted by atomic mass is 127. The molecule has 2 aromatic heterocycles. The monoisotopic (exact) mass is 398 g/mol. The Labute approximate surface area is 137 Å². The fourth-order valence-corrected chi connectivity index (χ4v) is 3.66. The average molecular weight is 398 g/mol. The summed E-state index contributed by atoms with van der Waals surface area (Å²) in [7, 11) is 0. The van der Waals surface area contributed by atoms with Crippen molar-refractivity contribution >= 4 is 22.6 Å². The van der Waals surface area contributed by atoms with Gasteiger partial charge in [0.05, 0.1) is 18.2 Å². The van der Waals surface area contributed by atoms with Crippen LogP contribution < -0.4 is 5.56 Å². The van der Waals surface area contributed by atoms with Gasteiger partial charge in [-0.1, -0.05) is 12.8 Å². The van der Waals surface area contributed by atoms with Gasteiger partial charge in [-0.25, -0.2) is 9.97 Å². The van der Waals surface area contributed by atoms with E-state index in [-0.39, 0.29) is 11.6 Å². The first-order valence-electron chi connectivity index (χ1n) is 7.40. The molecule has 0 aliphatic heterocycles. The van der Waals surface area contributed by atoms with Gasteiger partial charge in [0.1, 0.15) is 9.26 Å². The second-order valence-electron chi connectivity index (χ2n) is 5.88. The first kappa shape index (κ1) is 14.7. The number of imidazole rings is 1. The van der Waals surface area contributed by atoms with Crippen molar-refractivity contribution in [3.8, 4) is 11.5 Å². The highest BCUT2D eigenvalue weighted by Gasteiger charge is 2.24. The minimum atomic E-state index is -0.0426. The Morgan fingerprint density at radius 3 is 2.76 bits per heavy atom. The molecule has 1 N–H and O–H groups in total. The number of aromatic nitrogens is 4. The highest BCUT2D eigenvalue weighted by molar-refractivity contribution is 14.1. The molecule has 0 atom stereocenters. The predicted octanol–water partition coefficient (Wildman–Crippen LogP) is 3.48. The summed E-state index contributed by atoms with van der Waals surface area (Å²) in [5, 5.41) is 0. The van der Waals surface area contributed by atoms with Crippen molar-refractivity contribution in [2.75, 3.05) is 0 Å². The number of rotatable bonds is 3. The smallest absolute Gasteiger partial charge is 0.264 e. The number of halogens is 1. The molecule has 1 saturated carbocycles. The van der Waals surface area contributed by atoms with E-state index >= 15 is 0 Å². The van der Waals surface area contributed by atoms with Gasteiger partial charge in [-0.05, 0) is 49.3 Å². The zero-order valence-corrected chi connectivity index (χ0v) is 14.4. The lowest BCUT2D eigenvalue weighted by atomic mass is 10.0. The van der Waals surface area contributed by atoms with Gasteiger partial charge < -0.3 is 9.55 Å². The Balaban J connectivity index is 2.11. The molecule has 5 nitrogen and oxygen atoms in total. The van der Waals surface area contributed by atoms with E-state index in [4.69, 9.17) is 4.98 Å². The lowest BCUT2D eigenvalue weighted by Gasteiger charge is -2.14. The normalized spacial score (nSPS) is 16.0. The Kier molecular flexibility index (Phi) is 4.14. The SMILES string of the molecule is CC(C)n1cncc1-c1nc(C2CCCC2)c(I)c(=O)[nH]1. The van der Waals surface area contributed by atoms with Crippen LogP contribution in [0.1, 0.15) is 57.2 Å². The van der Waals surface area contributed by atoms with Crippen LogP contribution in [0, 0.1) is 3.57 Å². The summed E-state index contributed by atoms with van der Waals surface area (Å²) in [6.45, 7) is 4.18. The van der Waals surface area contributed by atoms with Crippen molar-refractivity contribution in [3.63, 3.8) is 0 Å². The summed E-state index contributed by atoms with van der Waals surface area (Å²) in [5.74, 6) is 1.06. The summed E-state index contributed by atoms with van der Waals surface area (Å²) in [6.07, 6.45) is 8.28. The lowest BCUT2D eigenvalue weighted by molar-refractivity contribution is 0.602. The van der Waals surface area contributed by atoms with Gasteiger partial charge in [-0.15, -0.1) is 0 Å². The Hall–Kier alpha value is -1.18. The van der Waals surface area contributed by atoms with Gasteiger partial charge in [0.15, 0.2) is 5.82 Å². The largest absolute Gasteiger partial charge is 0.326 e. The maximum atomic E-state index is 12.3. The van der Waals surface area contributed by atoms with Crippen LogP contribution in [0.2, 0.25) is 0 Å². The number of hydrogen-bond acceptors (Lipinski definition) is 3. The Morgan fingerprint density at radius 2 is 2.10 bits per heavy atom. The zero-order valence-electron chi connectivity index (χ0n) is 12.3. The quantitative estimate of drug-likeness (QED) is 0.806. The van der Waals surface area contributed by atoms with Crippen LogP contribution in [-0.4, -0.2) is 19.5 Å². The van der Waals surface area contributed by atoms with E-state index in [9.17, 15) is 4.79 Å². The van der Waals surface area contributed by atoms with Gasteiger partial charge in [0, 0.05) is 12.0 Å². The standard InChI is InChI=1S/C15H19IN4O/c1-9(2)20-8-17-7-11(20)14-18-13(10-5-3-4-6-10)12(16)15(21)19-14/h7-10H,3-6H2,1-2H3,(H,18,19,21). The van der Waals surface area contributed by atoms with Crippen molar-refractivity contribution < 1.29 is 0 Å². The molecule has 0 aromatic carbocycles. The summed E-state index contributed by atoms with van der Waals surface area (Å²) in [5.41, 5.74) is 1.79. The molecule has 3 rings (SSSR count). The van der Waals surface area contributed by atoms with Gasteiger partial charge in [0.25, 0.3) is 5.56 Å². The van der Waals surface area contributed by atoms with Crippen molar-refractivity contribution in [2.45, 2.75) is 51.5 Å². The van der Waals surface area contributed by atoms with Crippen LogP contribution in [0.5, 0.6) is 0 Å². The molecule has 0 unspecified atom stereocenters. The first-order valence-corrected chi connectivity index (χ1v) is 8.47. The second kappa shape index (κ2) is 5.90. The lowest BCUT2D eigenvalue weighted by Crippen LogP contribution is -2.19. The number of H-pyrrole nitrogens is 1. The molecule has 0 amide bonds. The van der Waals surface area contributed by atoms with Crippen molar-refractivity contribution in [1.29, 1.82) is 0 Å². The maximum absolute atomic E-state index is 12.3. The fourth-order valence-electron chi connectivity index (χ4n) is 2.97. The summed E-state index contributed by atoms with van der Waals surface area (Å²) >= 11 is 2.12. The van der Waals surface area contributed by atoms with Gasteiger partial charge in [-0.2, -0.15) is 0 Å². The maximum Gasteiger partial charge on any atom is 0.264 e. The van der Waals surface area contributed by atoms with Crippen LogP contribution in [0.3, 0.4) is 0 Å². The number of aromatic amines is 1. The van der Waals surface area contributed by atoms with E-state index in [1.165, 1.54) is 12.8 Å². The fraction of sp³-hybridized carbons (Fsp3) is 0.533. The molecule has 1 fully saturated rings. The molecule has 2 aromatic rings. The minimum absolute atomic E-state index is 0.0426. The number of hydrogen-bond donors (Lipinski definition) is 1. The third-order valence-electron chi connectivity index (χ3n) is 4.10. The molecular weight excluding hydrogens is 379 g/mol. The third kappa shape index (κ3) is 2.77. The van der Waals surface area contributed by atoms with E-state index in [2.05, 4.69) is 46.4 Å². The average Bonchev–Trinajstić information content (AvgIpc) is 3.11. The van der Waals surface area contributed by atoms with E-state index in [1.54, 1.807) is 12.5 Å². The third-order valence-corrected chi connectivity index (χ3v) is 5.14. The van der Waals surface area contributed by atoms with Crippen LogP contribution in [-0.2, 0) is 0 Å². The van der Waals surface area contributed by atoms with Crippen LogP contribution in [0.15, 0.2) is 17.3 Å². The number of nitrogens with zero attached hydrogens (tertiary/aromatic N) is 3. The van der Waals surface area contributed by atoms with E-state index in [1.807, 2.05) is 4.57 Å². The summed E-state index contributed by atoms with van der Waals surface area (Å²) in [4.78, 5) is 24.1. The van der Waals surface area contributed by atoms with Gasteiger partial charge in [0.2, 0.25) is 0 Å². The molecule has 0 bridgehead atoms. The van der Waals surface area contributed by atoms with Crippen molar-refractivity contribution in [2.24, 2.45) is 0 Å². The predicted molar refractivity (Wildman–Crippen MR) is 90.4 cm³/mol. The molecule has 1 aliphatic rings. The van der Waals surface area contributed by atoms with Crippen molar-refractivity contribution in [3.05, 3.63) is 32.1 Å². The molecular formula is C15H19IN4O. The molecule has 1 aliphatic carbocycles. The summed E-state index contributed by atoms with van der Waals surface area (Å²) < 4.78 is 2.77. The van der Waals surface area contributed by atoms with E-state index in [0.717, 1.165) is 27.8 Å². The van der Waals surface area contributed by atoms with Crippen LogP contribution >= 0.6 is 22.6 Å². The van der Waals surface area contributed by atoms with Crippen molar-refractivity contribution in [1.82, 2.24) is 19.5 Å². The zero-order chi connectivity index (χ0) is 15.0. The highest BCUT2D eigenvalue weighted by Crippen LogP contribution is 2.35. The Bertz CT molecular complexity index is 698. The number of nitrogens with one attached hydrogen (secondary N) is 1. The molecule has 0 radical (unpaired) electrons. The molecule has 2 heterocycles. The molecule has 0 spiro atoms. The minimum Gasteiger partial charge on any atom is -0.326 e. The summed E-state index contributed by atoms with van der Waals surface area (Å²) in [6, 6.07) is 0.280. The van der Waals surface area contributed by atoms with Gasteiger partial charge in [-0.3, -0.25) is 4.79 Å².